The molecule has 1 aliphatic carbocycles. The third kappa shape index (κ3) is 4.32. The van der Waals surface area contributed by atoms with Gasteiger partial charge in [0.2, 0.25) is 0 Å². The molecule has 19 heavy (non-hydrogen) atoms. The summed E-state index contributed by atoms with van der Waals surface area (Å²) in [6.45, 7) is 5.73. The molecule has 108 valence electrons. The molecule has 0 aliphatic heterocycles. The fourth-order valence-corrected chi connectivity index (χ4v) is 4.22. The van der Waals surface area contributed by atoms with Gasteiger partial charge in [-0.25, -0.2) is 0 Å². The number of rotatable bonds is 7. The Morgan fingerprint density at radius 3 is 2.58 bits per heavy atom. The van der Waals surface area contributed by atoms with Gasteiger partial charge in [0.05, 0.1) is 0 Å². The van der Waals surface area contributed by atoms with Crippen LogP contribution in [-0.4, -0.2) is 6.54 Å². The Bertz CT molecular complexity index is 325. The zero-order valence-electron chi connectivity index (χ0n) is 12.5. The summed E-state index contributed by atoms with van der Waals surface area (Å²) >= 11 is 1.83. The zero-order chi connectivity index (χ0) is 13.5. The third-order valence-corrected chi connectivity index (χ3v) is 5.28. The lowest BCUT2D eigenvalue weighted by Crippen LogP contribution is -2.31. The molecule has 2 rings (SSSR count). The minimum Gasteiger partial charge on any atom is -0.310 e. The van der Waals surface area contributed by atoms with Gasteiger partial charge in [0.25, 0.3) is 0 Å². The first-order valence-corrected chi connectivity index (χ1v) is 9.04. The van der Waals surface area contributed by atoms with Crippen molar-refractivity contribution in [3.8, 4) is 0 Å². The Morgan fingerprint density at radius 2 is 2.00 bits per heavy atom. The first kappa shape index (κ1) is 15.1. The van der Waals surface area contributed by atoms with Crippen LogP contribution in [0.4, 0.5) is 0 Å². The summed E-state index contributed by atoms with van der Waals surface area (Å²) in [5, 5.41) is 8.35. The molecule has 0 radical (unpaired) electrons. The number of hydrogen-bond donors (Lipinski definition) is 1. The van der Waals surface area contributed by atoms with E-state index < -0.39 is 0 Å². The number of hydrogen-bond acceptors (Lipinski definition) is 2. The molecule has 0 spiro atoms. The first-order chi connectivity index (χ1) is 9.35. The summed E-state index contributed by atoms with van der Waals surface area (Å²) in [5.41, 5.74) is 1.53. The largest absolute Gasteiger partial charge is 0.310 e. The van der Waals surface area contributed by atoms with Crippen molar-refractivity contribution >= 4 is 11.3 Å². The summed E-state index contributed by atoms with van der Waals surface area (Å²) in [7, 11) is 0. The fraction of sp³-hybridized carbons (Fsp3) is 0.765. The van der Waals surface area contributed by atoms with E-state index in [0.29, 0.717) is 6.04 Å². The van der Waals surface area contributed by atoms with Crippen LogP contribution in [0.5, 0.6) is 0 Å². The lowest BCUT2D eigenvalue weighted by molar-refractivity contribution is 0.214. The molecule has 1 nitrogen and oxygen atoms in total. The smallest absolute Gasteiger partial charge is 0.0356 e. The summed E-state index contributed by atoms with van der Waals surface area (Å²) < 4.78 is 0. The van der Waals surface area contributed by atoms with Gasteiger partial charge >= 0.3 is 0 Å². The van der Waals surface area contributed by atoms with E-state index in [1.807, 2.05) is 11.3 Å². The van der Waals surface area contributed by atoms with Crippen LogP contribution in [0.3, 0.4) is 0 Å². The highest BCUT2D eigenvalue weighted by Crippen LogP contribution is 2.38. The van der Waals surface area contributed by atoms with Crippen LogP contribution >= 0.6 is 11.3 Å². The Hall–Kier alpha value is -0.340. The molecule has 2 heteroatoms. The van der Waals surface area contributed by atoms with Gasteiger partial charge in [-0.1, -0.05) is 39.5 Å². The second-order valence-corrected chi connectivity index (χ2v) is 6.84. The third-order valence-electron chi connectivity index (χ3n) is 4.58. The molecule has 1 atom stereocenters. The van der Waals surface area contributed by atoms with Gasteiger partial charge in [-0.3, -0.25) is 0 Å². The first-order valence-electron chi connectivity index (χ1n) is 8.10. The minimum absolute atomic E-state index is 0.605. The second-order valence-electron chi connectivity index (χ2n) is 6.06. The lowest BCUT2D eigenvalue weighted by Gasteiger charge is -2.34. The van der Waals surface area contributed by atoms with Gasteiger partial charge in [-0.2, -0.15) is 11.3 Å². The van der Waals surface area contributed by atoms with Crippen molar-refractivity contribution in [3.05, 3.63) is 22.4 Å². The molecule has 1 heterocycles. The molecule has 1 saturated carbocycles. The number of thiophene rings is 1. The van der Waals surface area contributed by atoms with E-state index in [1.54, 1.807) is 0 Å². The highest BCUT2D eigenvalue weighted by atomic mass is 32.1. The summed E-state index contributed by atoms with van der Waals surface area (Å²) in [4.78, 5) is 0. The Balaban J connectivity index is 1.92. The van der Waals surface area contributed by atoms with Crippen LogP contribution < -0.4 is 5.32 Å². The fourth-order valence-electron chi connectivity index (χ4n) is 3.53. The average molecular weight is 279 g/mol. The monoisotopic (exact) mass is 279 g/mol. The maximum Gasteiger partial charge on any atom is 0.0356 e. The van der Waals surface area contributed by atoms with Gasteiger partial charge in [-0.05, 0) is 60.0 Å². The van der Waals surface area contributed by atoms with Crippen molar-refractivity contribution in [1.29, 1.82) is 0 Å². The van der Waals surface area contributed by atoms with Crippen molar-refractivity contribution in [2.75, 3.05) is 6.54 Å². The van der Waals surface area contributed by atoms with E-state index in [9.17, 15) is 0 Å². The molecule has 1 N–H and O–H groups in total. The molecule has 1 aromatic heterocycles. The van der Waals surface area contributed by atoms with Crippen LogP contribution in [-0.2, 0) is 0 Å². The van der Waals surface area contributed by atoms with E-state index in [1.165, 1.54) is 50.5 Å². The SMILES string of the molecule is CCCNC(c1ccsc1)C1CCC(CCC)CC1. The standard InChI is InChI=1S/C17H29NS/c1-3-5-14-6-8-15(9-7-14)17(18-11-4-2)16-10-12-19-13-16/h10,12-15,17-18H,3-9,11H2,1-2H3. The molecule has 1 aromatic rings. The van der Waals surface area contributed by atoms with Crippen molar-refractivity contribution in [2.45, 2.75) is 64.8 Å². The van der Waals surface area contributed by atoms with Crippen LogP contribution in [0, 0.1) is 11.8 Å². The van der Waals surface area contributed by atoms with E-state index in [0.717, 1.165) is 18.4 Å². The predicted octanol–water partition coefficient (Wildman–Crippen LogP) is 5.40. The number of nitrogens with one attached hydrogen (secondary N) is 1. The highest BCUT2D eigenvalue weighted by Gasteiger charge is 2.28. The van der Waals surface area contributed by atoms with Gasteiger partial charge in [0, 0.05) is 6.04 Å². The van der Waals surface area contributed by atoms with Crippen LogP contribution in [0.1, 0.15) is 70.4 Å². The maximum atomic E-state index is 3.80. The van der Waals surface area contributed by atoms with Crippen LogP contribution in [0.15, 0.2) is 16.8 Å². The van der Waals surface area contributed by atoms with Gasteiger partial charge in [-0.15, -0.1) is 0 Å². The van der Waals surface area contributed by atoms with Gasteiger partial charge < -0.3 is 5.32 Å². The molecule has 0 bridgehead atoms. The Morgan fingerprint density at radius 1 is 1.21 bits per heavy atom. The normalized spacial score (nSPS) is 25.4. The highest BCUT2D eigenvalue weighted by molar-refractivity contribution is 7.07. The van der Waals surface area contributed by atoms with Crippen molar-refractivity contribution in [3.63, 3.8) is 0 Å². The quantitative estimate of drug-likeness (QED) is 0.705. The van der Waals surface area contributed by atoms with Crippen LogP contribution in [0.2, 0.25) is 0 Å². The topological polar surface area (TPSA) is 12.0 Å². The van der Waals surface area contributed by atoms with E-state index in [2.05, 4.69) is 36.0 Å². The summed E-state index contributed by atoms with van der Waals surface area (Å²) in [5.74, 6) is 1.87. The van der Waals surface area contributed by atoms with Gasteiger partial charge in [0.1, 0.15) is 0 Å². The second kappa shape index (κ2) is 8.06. The van der Waals surface area contributed by atoms with Crippen molar-refractivity contribution in [1.82, 2.24) is 5.32 Å². The van der Waals surface area contributed by atoms with Crippen molar-refractivity contribution < 1.29 is 0 Å². The molecule has 1 unspecified atom stereocenters. The molecule has 1 aliphatic rings. The Kier molecular flexibility index (Phi) is 6.39. The summed E-state index contributed by atoms with van der Waals surface area (Å²) in [6.07, 6.45) is 9.77. The summed E-state index contributed by atoms with van der Waals surface area (Å²) in [6, 6.07) is 2.92. The van der Waals surface area contributed by atoms with E-state index in [4.69, 9.17) is 0 Å². The maximum absolute atomic E-state index is 3.80. The lowest BCUT2D eigenvalue weighted by atomic mass is 9.76. The minimum atomic E-state index is 0.605. The molecule has 0 aromatic carbocycles. The molecule has 1 fully saturated rings. The molecular formula is C17H29NS. The molecule has 0 amide bonds. The average Bonchev–Trinajstić information content (AvgIpc) is 2.95. The zero-order valence-corrected chi connectivity index (χ0v) is 13.3. The van der Waals surface area contributed by atoms with Gasteiger partial charge in [0.15, 0.2) is 0 Å². The van der Waals surface area contributed by atoms with Crippen molar-refractivity contribution in [2.24, 2.45) is 11.8 Å². The van der Waals surface area contributed by atoms with E-state index in [-0.39, 0.29) is 0 Å². The van der Waals surface area contributed by atoms with Crippen LogP contribution in [0.25, 0.3) is 0 Å². The molecule has 0 saturated heterocycles. The molecular weight excluding hydrogens is 250 g/mol. The van der Waals surface area contributed by atoms with E-state index >= 15 is 0 Å². The Labute approximate surface area is 122 Å². The predicted molar refractivity (Wildman–Crippen MR) is 85.7 cm³/mol.